The minimum Gasteiger partial charge on any atom is -0.387 e. The number of imidazole rings is 1. The predicted octanol–water partition coefficient (Wildman–Crippen LogP) is 1.78. The molecule has 0 bridgehead atoms. The molecule has 1 heterocycles. The molecule has 2 aromatic rings. The van der Waals surface area contributed by atoms with E-state index in [9.17, 15) is 13.5 Å². The second kappa shape index (κ2) is 5.44. The van der Waals surface area contributed by atoms with Gasteiger partial charge in [-0.15, -0.1) is 0 Å². The standard InChI is InChI=1S/C12H13BrN2O3S/c1-19(17,18)12-14-6-7-15(12)8-11(16)9-2-4-10(13)5-3-9/h2-7,11,16H,8H2,1H3. The summed E-state index contributed by atoms with van der Waals surface area (Å²) < 4.78 is 25.4. The summed E-state index contributed by atoms with van der Waals surface area (Å²) in [5, 5.41) is 10.1. The van der Waals surface area contributed by atoms with Gasteiger partial charge in [-0.25, -0.2) is 13.4 Å². The van der Waals surface area contributed by atoms with Gasteiger partial charge in [-0.2, -0.15) is 0 Å². The van der Waals surface area contributed by atoms with E-state index in [1.807, 2.05) is 12.1 Å². The summed E-state index contributed by atoms with van der Waals surface area (Å²) in [5.41, 5.74) is 0.719. The molecular weight excluding hydrogens is 332 g/mol. The number of hydrogen-bond donors (Lipinski definition) is 1. The Morgan fingerprint density at radius 3 is 2.58 bits per heavy atom. The molecule has 19 heavy (non-hydrogen) atoms. The number of aliphatic hydroxyl groups is 1. The smallest absolute Gasteiger partial charge is 0.227 e. The first kappa shape index (κ1) is 14.2. The van der Waals surface area contributed by atoms with E-state index in [1.165, 1.54) is 10.8 Å². The number of nitrogens with zero attached hydrogens (tertiary/aromatic N) is 2. The number of benzene rings is 1. The molecule has 0 saturated carbocycles. The lowest BCUT2D eigenvalue weighted by molar-refractivity contribution is 0.153. The van der Waals surface area contributed by atoms with Crippen LogP contribution in [0.15, 0.2) is 46.3 Å². The molecule has 0 aliphatic heterocycles. The highest BCUT2D eigenvalue weighted by molar-refractivity contribution is 9.10. The summed E-state index contributed by atoms with van der Waals surface area (Å²) in [6, 6.07) is 7.21. The number of sulfone groups is 1. The molecule has 1 unspecified atom stereocenters. The van der Waals surface area contributed by atoms with E-state index in [2.05, 4.69) is 20.9 Å². The molecule has 102 valence electrons. The van der Waals surface area contributed by atoms with Gasteiger partial charge in [0.1, 0.15) is 0 Å². The number of rotatable bonds is 4. The van der Waals surface area contributed by atoms with Crippen LogP contribution in [0.25, 0.3) is 0 Å². The zero-order chi connectivity index (χ0) is 14.0. The summed E-state index contributed by atoms with van der Waals surface area (Å²) in [6.07, 6.45) is 3.25. The first-order chi connectivity index (χ1) is 8.88. The van der Waals surface area contributed by atoms with Gasteiger partial charge in [0.2, 0.25) is 15.0 Å². The van der Waals surface area contributed by atoms with Crippen molar-refractivity contribution in [2.75, 3.05) is 6.26 Å². The zero-order valence-corrected chi connectivity index (χ0v) is 12.6. The van der Waals surface area contributed by atoms with Crippen LogP contribution in [0.2, 0.25) is 0 Å². The Morgan fingerprint density at radius 2 is 2.00 bits per heavy atom. The van der Waals surface area contributed by atoms with Crippen molar-refractivity contribution >= 4 is 25.8 Å². The van der Waals surface area contributed by atoms with Crippen molar-refractivity contribution in [3.63, 3.8) is 0 Å². The molecule has 5 nitrogen and oxygen atoms in total. The topological polar surface area (TPSA) is 72.2 Å². The molecule has 2 rings (SSSR count). The van der Waals surface area contributed by atoms with E-state index in [0.29, 0.717) is 0 Å². The van der Waals surface area contributed by atoms with Crippen molar-refractivity contribution in [1.29, 1.82) is 0 Å². The maximum Gasteiger partial charge on any atom is 0.227 e. The minimum atomic E-state index is -3.39. The van der Waals surface area contributed by atoms with E-state index >= 15 is 0 Å². The SMILES string of the molecule is CS(=O)(=O)c1nccn1CC(O)c1ccc(Br)cc1. The van der Waals surface area contributed by atoms with Gasteiger partial charge in [0.05, 0.1) is 12.6 Å². The van der Waals surface area contributed by atoms with Gasteiger partial charge in [-0.05, 0) is 17.7 Å². The summed E-state index contributed by atoms with van der Waals surface area (Å²) in [6.45, 7) is 0.143. The summed E-state index contributed by atoms with van der Waals surface area (Å²) in [5.74, 6) is 0. The van der Waals surface area contributed by atoms with Crippen molar-refractivity contribution in [3.8, 4) is 0 Å². The highest BCUT2D eigenvalue weighted by Gasteiger charge is 2.17. The lowest BCUT2D eigenvalue weighted by atomic mass is 10.1. The number of hydrogen-bond acceptors (Lipinski definition) is 4. The first-order valence-corrected chi connectivity index (χ1v) is 8.21. The van der Waals surface area contributed by atoms with E-state index in [1.54, 1.807) is 18.3 Å². The fourth-order valence-corrected chi connectivity index (χ4v) is 2.82. The van der Waals surface area contributed by atoms with Crippen molar-refractivity contribution in [1.82, 2.24) is 9.55 Å². The van der Waals surface area contributed by atoms with E-state index in [-0.39, 0.29) is 11.7 Å². The Kier molecular flexibility index (Phi) is 4.07. The van der Waals surface area contributed by atoms with Crippen molar-refractivity contribution in [2.24, 2.45) is 0 Å². The third kappa shape index (κ3) is 3.43. The largest absolute Gasteiger partial charge is 0.387 e. The number of aromatic nitrogens is 2. The van der Waals surface area contributed by atoms with Crippen LogP contribution in [-0.4, -0.2) is 29.3 Å². The molecule has 0 aliphatic rings. The zero-order valence-electron chi connectivity index (χ0n) is 10.2. The fourth-order valence-electron chi connectivity index (χ4n) is 1.74. The highest BCUT2D eigenvalue weighted by atomic mass is 79.9. The summed E-state index contributed by atoms with van der Waals surface area (Å²) in [7, 11) is -3.39. The van der Waals surface area contributed by atoms with E-state index in [0.717, 1.165) is 16.3 Å². The Labute approximate surface area is 120 Å². The summed E-state index contributed by atoms with van der Waals surface area (Å²) in [4.78, 5) is 3.80. The van der Waals surface area contributed by atoms with Crippen LogP contribution >= 0.6 is 15.9 Å². The molecule has 0 aliphatic carbocycles. The van der Waals surface area contributed by atoms with Crippen LogP contribution in [0, 0.1) is 0 Å². The van der Waals surface area contributed by atoms with Gasteiger partial charge >= 0.3 is 0 Å². The molecule has 7 heteroatoms. The monoisotopic (exact) mass is 344 g/mol. The van der Waals surface area contributed by atoms with Crippen molar-refractivity contribution in [3.05, 3.63) is 46.7 Å². The van der Waals surface area contributed by atoms with E-state index < -0.39 is 15.9 Å². The van der Waals surface area contributed by atoms with Crippen LogP contribution in [0.1, 0.15) is 11.7 Å². The molecule has 0 amide bonds. The molecule has 1 atom stereocenters. The quantitative estimate of drug-likeness (QED) is 0.917. The van der Waals surface area contributed by atoms with E-state index in [4.69, 9.17) is 0 Å². The average Bonchev–Trinajstić information content (AvgIpc) is 2.77. The number of halogens is 1. The molecule has 0 spiro atoms. The highest BCUT2D eigenvalue weighted by Crippen LogP contribution is 2.19. The Morgan fingerprint density at radius 1 is 1.37 bits per heavy atom. The van der Waals surface area contributed by atoms with Gasteiger partial charge in [-0.1, -0.05) is 28.1 Å². The normalized spacial score (nSPS) is 13.4. The Balaban J connectivity index is 2.22. The second-order valence-corrected chi connectivity index (χ2v) is 7.03. The predicted molar refractivity (Wildman–Crippen MR) is 74.4 cm³/mol. The van der Waals surface area contributed by atoms with Gasteiger partial charge in [0.15, 0.2) is 0 Å². The van der Waals surface area contributed by atoms with Gasteiger partial charge in [0, 0.05) is 23.1 Å². The lowest BCUT2D eigenvalue weighted by Gasteiger charge is -2.13. The maximum absolute atomic E-state index is 11.5. The minimum absolute atomic E-state index is 0.0383. The lowest BCUT2D eigenvalue weighted by Crippen LogP contribution is -2.14. The molecule has 0 fully saturated rings. The van der Waals surface area contributed by atoms with Crippen LogP contribution in [0.4, 0.5) is 0 Å². The second-order valence-electron chi connectivity index (χ2n) is 4.20. The average molecular weight is 345 g/mol. The van der Waals surface area contributed by atoms with Crippen LogP contribution < -0.4 is 0 Å². The number of aliphatic hydroxyl groups excluding tert-OH is 1. The van der Waals surface area contributed by atoms with Crippen LogP contribution in [0.5, 0.6) is 0 Å². The molecule has 0 saturated heterocycles. The van der Waals surface area contributed by atoms with Crippen LogP contribution in [-0.2, 0) is 16.4 Å². The molecular formula is C12H13BrN2O3S. The summed E-state index contributed by atoms with van der Waals surface area (Å²) >= 11 is 3.32. The van der Waals surface area contributed by atoms with Gasteiger partial charge < -0.3 is 9.67 Å². The van der Waals surface area contributed by atoms with Gasteiger partial charge in [-0.3, -0.25) is 0 Å². The fraction of sp³-hybridized carbons (Fsp3) is 0.250. The van der Waals surface area contributed by atoms with Crippen molar-refractivity contribution < 1.29 is 13.5 Å². The van der Waals surface area contributed by atoms with Crippen LogP contribution in [0.3, 0.4) is 0 Å². The Bertz CT molecular complexity index is 665. The van der Waals surface area contributed by atoms with Crippen molar-refractivity contribution in [2.45, 2.75) is 17.8 Å². The molecule has 1 N–H and O–H groups in total. The third-order valence-corrected chi connectivity index (χ3v) is 4.17. The molecule has 1 aromatic carbocycles. The third-order valence-electron chi connectivity index (χ3n) is 2.63. The van der Waals surface area contributed by atoms with Gasteiger partial charge in [0.25, 0.3) is 0 Å². The molecule has 1 aromatic heterocycles. The first-order valence-electron chi connectivity index (χ1n) is 5.52. The molecule has 0 radical (unpaired) electrons. The Hall–Kier alpha value is -1.18. The maximum atomic E-state index is 11.5.